The highest BCUT2D eigenvalue weighted by atomic mass is 16.5. The van der Waals surface area contributed by atoms with Crippen molar-refractivity contribution in [3.8, 4) is 11.8 Å². The van der Waals surface area contributed by atoms with Gasteiger partial charge in [0.2, 0.25) is 5.95 Å². The van der Waals surface area contributed by atoms with Gasteiger partial charge < -0.3 is 10.1 Å². The Morgan fingerprint density at radius 1 is 1.28 bits per heavy atom. The molecule has 0 bridgehead atoms. The molecular formula is C16H14N6O3. The van der Waals surface area contributed by atoms with Crippen molar-refractivity contribution in [1.29, 1.82) is 0 Å². The lowest BCUT2D eigenvalue weighted by molar-refractivity contribution is -0.121. The lowest BCUT2D eigenvalue weighted by Gasteiger charge is -2.14. The summed E-state index contributed by atoms with van der Waals surface area (Å²) in [7, 11) is 0. The Hall–Kier alpha value is -3.54. The van der Waals surface area contributed by atoms with Gasteiger partial charge in [-0.25, -0.2) is 14.6 Å². The number of carbonyl (C=O) groups excluding carboxylic acids is 2. The number of anilines is 1. The molecule has 0 saturated carbocycles. The Bertz CT molecular complexity index is 918. The van der Waals surface area contributed by atoms with Gasteiger partial charge in [-0.05, 0) is 38.5 Å². The van der Waals surface area contributed by atoms with Crippen LogP contribution in [-0.4, -0.2) is 32.4 Å². The van der Waals surface area contributed by atoms with E-state index in [1.54, 1.807) is 32.0 Å². The molecule has 9 heteroatoms. The summed E-state index contributed by atoms with van der Waals surface area (Å²) in [6.07, 6.45) is 1.15. The first-order valence-electron chi connectivity index (χ1n) is 7.33. The van der Waals surface area contributed by atoms with Gasteiger partial charge in [0.05, 0.1) is 6.57 Å². The minimum atomic E-state index is -1.04. The van der Waals surface area contributed by atoms with Crippen LogP contribution in [0.25, 0.3) is 4.85 Å². The number of imide groups is 1. The van der Waals surface area contributed by atoms with Crippen LogP contribution >= 0.6 is 0 Å². The van der Waals surface area contributed by atoms with Gasteiger partial charge in [0.15, 0.2) is 5.69 Å². The maximum Gasteiger partial charge on any atom is 0.332 e. The highest BCUT2D eigenvalue weighted by Gasteiger charge is 2.46. The van der Waals surface area contributed by atoms with Crippen LogP contribution in [0, 0.1) is 13.5 Å². The van der Waals surface area contributed by atoms with Crippen LogP contribution in [0.5, 0.6) is 11.8 Å². The highest BCUT2D eigenvalue weighted by Crippen LogP contribution is 2.28. The molecule has 0 spiro atoms. The lowest BCUT2D eigenvalue weighted by atomic mass is 10.1. The Kier molecular flexibility index (Phi) is 3.81. The van der Waals surface area contributed by atoms with Crippen molar-refractivity contribution < 1.29 is 14.3 Å². The molecule has 9 nitrogen and oxygen atoms in total. The zero-order valence-corrected chi connectivity index (χ0v) is 13.8. The van der Waals surface area contributed by atoms with E-state index >= 15 is 0 Å². The van der Waals surface area contributed by atoms with Crippen molar-refractivity contribution in [3.63, 3.8) is 0 Å². The van der Waals surface area contributed by atoms with E-state index in [0.29, 0.717) is 11.4 Å². The zero-order chi connectivity index (χ0) is 18.2. The second kappa shape index (κ2) is 5.83. The fourth-order valence-electron chi connectivity index (χ4n) is 2.24. The smallest absolute Gasteiger partial charge is 0.332 e. The summed E-state index contributed by atoms with van der Waals surface area (Å²) in [6, 6.07) is 4.27. The van der Waals surface area contributed by atoms with Crippen LogP contribution in [0.3, 0.4) is 0 Å². The molecule has 0 aliphatic carbocycles. The van der Waals surface area contributed by atoms with E-state index < -0.39 is 17.5 Å². The highest BCUT2D eigenvalue weighted by molar-refractivity contribution is 6.22. The number of nitrogens with one attached hydrogen (secondary N) is 1. The van der Waals surface area contributed by atoms with E-state index in [1.165, 1.54) is 0 Å². The molecule has 2 aromatic rings. The van der Waals surface area contributed by atoms with Gasteiger partial charge >= 0.3 is 12.0 Å². The van der Waals surface area contributed by atoms with Crippen molar-refractivity contribution in [1.82, 2.24) is 20.3 Å². The summed E-state index contributed by atoms with van der Waals surface area (Å²) < 4.78 is 5.52. The molecule has 2 heterocycles. The minimum Gasteiger partial charge on any atom is -0.426 e. The largest absolute Gasteiger partial charge is 0.426 e. The SMILES string of the molecule is [C-]#[N+]c1cc(Oc2ncnc(N3C(=O)NC(C)(C)C3=O)n2)ccc1C. The van der Waals surface area contributed by atoms with Crippen molar-refractivity contribution in [3.05, 3.63) is 41.5 Å². The Morgan fingerprint density at radius 2 is 2.04 bits per heavy atom. The molecule has 3 rings (SSSR count). The molecule has 0 unspecified atom stereocenters. The van der Waals surface area contributed by atoms with Crippen LogP contribution in [0.15, 0.2) is 24.5 Å². The fraction of sp³-hybridized carbons (Fsp3) is 0.250. The molecule has 1 aromatic carbocycles. The van der Waals surface area contributed by atoms with Gasteiger partial charge in [-0.2, -0.15) is 14.9 Å². The third-order valence-corrected chi connectivity index (χ3v) is 3.61. The first-order valence-corrected chi connectivity index (χ1v) is 7.33. The van der Waals surface area contributed by atoms with Crippen LogP contribution in [0.4, 0.5) is 16.4 Å². The van der Waals surface area contributed by atoms with Gasteiger partial charge in [0, 0.05) is 0 Å². The molecule has 1 aliphatic rings. The molecule has 1 saturated heterocycles. The number of benzene rings is 1. The monoisotopic (exact) mass is 338 g/mol. The average Bonchev–Trinajstić information content (AvgIpc) is 2.77. The van der Waals surface area contributed by atoms with Gasteiger partial charge in [0.25, 0.3) is 5.91 Å². The second-order valence-corrected chi connectivity index (χ2v) is 5.93. The predicted molar refractivity (Wildman–Crippen MR) is 87.4 cm³/mol. The lowest BCUT2D eigenvalue weighted by Crippen LogP contribution is -2.40. The Balaban J connectivity index is 1.89. The summed E-state index contributed by atoms with van der Waals surface area (Å²) in [5.74, 6) is -0.234. The fourth-order valence-corrected chi connectivity index (χ4v) is 2.24. The number of hydrogen-bond donors (Lipinski definition) is 1. The maximum absolute atomic E-state index is 12.3. The summed E-state index contributed by atoms with van der Waals surface area (Å²) >= 11 is 0. The number of rotatable bonds is 3. The predicted octanol–water partition coefficient (Wildman–Crippen LogP) is 2.36. The molecule has 1 aliphatic heterocycles. The quantitative estimate of drug-likeness (QED) is 0.681. The third kappa shape index (κ3) is 2.97. The number of aromatic nitrogens is 3. The molecule has 25 heavy (non-hydrogen) atoms. The minimum absolute atomic E-state index is 0.0879. The summed E-state index contributed by atoms with van der Waals surface area (Å²) in [6.45, 7) is 12.1. The molecule has 3 amide bonds. The van der Waals surface area contributed by atoms with Gasteiger partial charge in [-0.15, -0.1) is 0 Å². The molecule has 1 N–H and O–H groups in total. The van der Waals surface area contributed by atoms with E-state index in [4.69, 9.17) is 11.3 Å². The number of ether oxygens (including phenoxy) is 1. The van der Waals surface area contributed by atoms with E-state index in [0.717, 1.165) is 16.8 Å². The van der Waals surface area contributed by atoms with Crippen molar-refractivity contribution in [2.45, 2.75) is 26.3 Å². The zero-order valence-electron chi connectivity index (χ0n) is 13.8. The summed E-state index contributed by atoms with van der Waals surface area (Å²) in [5, 5.41) is 2.54. The van der Waals surface area contributed by atoms with Crippen molar-refractivity contribution >= 4 is 23.6 Å². The first kappa shape index (κ1) is 16.3. The second-order valence-electron chi connectivity index (χ2n) is 5.93. The van der Waals surface area contributed by atoms with Crippen LogP contribution in [0.2, 0.25) is 0 Å². The summed E-state index contributed by atoms with van der Waals surface area (Å²) in [4.78, 5) is 40.3. The van der Waals surface area contributed by atoms with E-state index in [-0.39, 0.29) is 12.0 Å². The van der Waals surface area contributed by atoms with Crippen LogP contribution in [0.1, 0.15) is 19.4 Å². The number of amides is 3. The molecule has 1 aromatic heterocycles. The van der Waals surface area contributed by atoms with Crippen molar-refractivity contribution in [2.75, 3.05) is 4.90 Å². The standard InChI is InChI=1S/C16H14N6O3/c1-9-5-6-10(7-11(9)17-4)25-14-19-8-18-13(20-14)22-12(23)16(2,3)21-15(22)24/h5-8H,1-3H3,(H,21,24). The van der Waals surface area contributed by atoms with E-state index in [1.807, 2.05) is 6.92 Å². The molecular weight excluding hydrogens is 324 g/mol. The Labute approximate surface area is 143 Å². The molecule has 1 fully saturated rings. The molecule has 0 atom stereocenters. The number of carbonyl (C=O) groups is 2. The van der Waals surface area contributed by atoms with Gasteiger partial charge in [0.1, 0.15) is 17.6 Å². The van der Waals surface area contributed by atoms with Gasteiger partial charge in [-0.3, -0.25) is 4.79 Å². The van der Waals surface area contributed by atoms with Gasteiger partial charge in [-0.1, -0.05) is 6.07 Å². The van der Waals surface area contributed by atoms with Crippen LogP contribution in [-0.2, 0) is 4.79 Å². The topological polar surface area (TPSA) is 102 Å². The average molecular weight is 338 g/mol. The summed E-state index contributed by atoms with van der Waals surface area (Å²) in [5.41, 5.74) is 0.231. The molecule has 126 valence electrons. The van der Waals surface area contributed by atoms with E-state index in [9.17, 15) is 9.59 Å². The number of urea groups is 1. The number of nitrogens with zero attached hydrogens (tertiary/aromatic N) is 5. The molecule has 0 radical (unpaired) electrons. The first-order chi connectivity index (χ1) is 11.8. The Morgan fingerprint density at radius 3 is 2.68 bits per heavy atom. The third-order valence-electron chi connectivity index (χ3n) is 3.61. The van der Waals surface area contributed by atoms with Crippen molar-refractivity contribution in [2.24, 2.45) is 0 Å². The normalized spacial score (nSPS) is 15.7. The van der Waals surface area contributed by atoms with E-state index in [2.05, 4.69) is 25.1 Å². The van der Waals surface area contributed by atoms with Crippen LogP contribution < -0.4 is 15.0 Å². The maximum atomic E-state index is 12.3. The number of aryl methyl sites for hydroxylation is 1. The number of hydrogen-bond acceptors (Lipinski definition) is 6.